The zero-order valence-corrected chi connectivity index (χ0v) is 6.36. The zero-order valence-electron chi connectivity index (χ0n) is 5.55. The normalized spacial score (nSPS) is 12.1. The number of nitriles is 1. The van der Waals surface area contributed by atoms with Crippen LogP contribution in [0.5, 0.6) is 0 Å². The van der Waals surface area contributed by atoms with E-state index in [4.69, 9.17) is 5.26 Å². The van der Waals surface area contributed by atoms with E-state index in [1.807, 2.05) is 12.3 Å². The Labute approximate surface area is 59.2 Å². The molecule has 9 heavy (non-hydrogen) atoms. The third kappa shape index (κ3) is 4.04. The summed E-state index contributed by atoms with van der Waals surface area (Å²) in [5, 5.41) is 10.0. The van der Waals surface area contributed by atoms with Gasteiger partial charge in [-0.15, -0.1) is 0 Å². The molecule has 0 heterocycles. The molecule has 0 bridgehead atoms. The highest BCUT2D eigenvalue weighted by atomic mass is 32.2. The second-order valence-corrected chi connectivity index (χ2v) is 2.72. The maximum atomic E-state index is 10.5. The Morgan fingerprint density at radius 3 is 2.78 bits per heavy atom. The van der Waals surface area contributed by atoms with Gasteiger partial charge in [-0.2, -0.15) is 5.26 Å². The first-order valence-corrected chi connectivity index (χ1v) is 3.68. The molecule has 0 aliphatic carbocycles. The fourth-order valence-corrected chi connectivity index (χ4v) is 0.839. The highest BCUT2D eigenvalue weighted by molar-refractivity contribution is 8.03. The van der Waals surface area contributed by atoms with Crippen LogP contribution in [0.2, 0.25) is 0 Å². The largest absolute Gasteiger partial charge is 0.300 e. The number of thioether (sulfide) groups is 1. The van der Waals surface area contributed by atoms with Gasteiger partial charge in [-0.05, 0) is 18.7 Å². The van der Waals surface area contributed by atoms with Gasteiger partial charge in [0.05, 0.1) is 0 Å². The van der Waals surface area contributed by atoms with Gasteiger partial charge in [0.25, 0.3) is 0 Å². The lowest BCUT2D eigenvalue weighted by molar-refractivity contribution is -0.119. The molecule has 1 atom stereocenters. The average molecular weight is 143 g/mol. The Balaban J connectivity index is 3.41. The minimum Gasteiger partial charge on any atom is -0.300 e. The van der Waals surface area contributed by atoms with Crippen molar-refractivity contribution >= 4 is 17.5 Å². The van der Waals surface area contributed by atoms with E-state index < -0.39 is 0 Å². The van der Waals surface area contributed by atoms with Crippen LogP contribution in [0.4, 0.5) is 0 Å². The molecule has 0 aliphatic heterocycles. The molecule has 2 nitrogen and oxygen atoms in total. The minimum atomic E-state index is 0.0228. The van der Waals surface area contributed by atoms with Crippen molar-refractivity contribution in [1.82, 2.24) is 0 Å². The van der Waals surface area contributed by atoms with Gasteiger partial charge in [-0.1, -0.05) is 6.92 Å². The summed E-state index contributed by atoms with van der Waals surface area (Å²) in [6.45, 7) is 3.37. The van der Waals surface area contributed by atoms with E-state index in [0.29, 0.717) is 5.75 Å². The van der Waals surface area contributed by atoms with Gasteiger partial charge in [0.15, 0.2) is 0 Å². The number of hydrogen-bond donors (Lipinski definition) is 0. The standard InChI is InChI=1S/C6H9NOS/c1-5(6(2)8)3-9-4-7/h5H,3H2,1-2H3. The first kappa shape index (κ1) is 8.51. The van der Waals surface area contributed by atoms with Crippen molar-refractivity contribution in [2.45, 2.75) is 13.8 Å². The van der Waals surface area contributed by atoms with Gasteiger partial charge in [0.1, 0.15) is 11.2 Å². The number of rotatable bonds is 3. The number of hydrogen-bond acceptors (Lipinski definition) is 3. The Hall–Kier alpha value is -0.490. The third-order valence-electron chi connectivity index (χ3n) is 1.09. The number of Topliss-reactive ketones (excluding diaryl/α,β-unsaturated/α-hetero) is 1. The third-order valence-corrected chi connectivity index (χ3v) is 1.89. The van der Waals surface area contributed by atoms with Crippen molar-refractivity contribution in [1.29, 1.82) is 5.26 Å². The van der Waals surface area contributed by atoms with Gasteiger partial charge in [0.2, 0.25) is 0 Å². The molecule has 0 spiro atoms. The lowest BCUT2D eigenvalue weighted by Gasteiger charge is -2.00. The van der Waals surface area contributed by atoms with E-state index in [9.17, 15) is 4.79 Å². The second kappa shape index (κ2) is 4.39. The van der Waals surface area contributed by atoms with Crippen LogP contribution in [0.25, 0.3) is 0 Å². The van der Waals surface area contributed by atoms with Crippen LogP contribution < -0.4 is 0 Å². The monoisotopic (exact) mass is 143 g/mol. The molecule has 0 saturated heterocycles. The molecule has 0 aromatic carbocycles. The summed E-state index contributed by atoms with van der Waals surface area (Å²) in [5.41, 5.74) is 0. The maximum Gasteiger partial charge on any atom is 0.133 e. The Morgan fingerprint density at radius 2 is 2.44 bits per heavy atom. The molecule has 0 aliphatic rings. The Morgan fingerprint density at radius 1 is 1.89 bits per heavy atom. The first-order chi connectivity index (χ1) is 4.18. The summed E-state index contributed by atoms with van der Waals surface area (Å²) in [6, 6.07) is 0. The summed E-state index contributed by atoms with van der Waals surface area (Å²) in [6.07, 6.45) is 0. The first-order valence-electron chi connectivity index (χ1n) is 2.69. The SMILES string of the molecule is CC(=O)C(C)CSC#N. The molecule has 0 fully saturated rings. The molecular weight excluding hydrogens is 134 g/mol. The molecule has 0 N–H and O–H groups in total. The van der Waals surface area contributed by atoms with Crippen molar-refractivity contribution in [3.8, 4) is 5.40 Å². The van der Waals surface area contributed by atoms with E-state index in [1.165, 1.54) is 0 Å². The minimum absolute atomic E-state index is 0.0228. The number of nitrogens with zero attached hydrogens (tertiary/aromatic N) is 1. The Kier molecular flexibility index (Phi) is 4.16. The van der Waals surface area contributed by atoms with Gasteiger partial charge in [0, 0.05) is 11.7 Å². The molecule has 1 unspecified atom stereocenters. The molecule has 50 valence electrons. The van der Waals surface area contributed by atoms with Crippen LogP contribution in [0.3, 0.4) is 0 Å². The summed E-state index contributed by atoms with van der Waals surface area (Å²) >= 11 is 1.13. The van der Waals surface area contributed by atoms with Gasteiger partial charge in [-0.3, -0.25) is 4.79 Å². The van der Waals surface area contributed by atoms with E-state index in [-0.39, 0.29) is 11.7 Å². The fraction of sp³-hybridized carbons (Fsp3) is 0.667. The predicted octanol–water partition coefficient (Wildman–Crippen LogP) is 1.43. The summed E-state index contributed by atoms with van der Waals surface area (Å²) in [5.74, 6) is 0.790. The number of ketones is 1. The summed E-state index contributed by atoms with van der Waals surface area (Å²) < 4.78 is 0. The number of thiocyanates is 1. The average Bonchev–Trinajstić information content (AvgIpc) is 1.82. The summed E-state index contributed by atoms with van der Waals surface area (Å²) in [4.78, 5) is 10.5. The molecule has 0 radical (unpaired) electrons. The van der Waals surface area contributed by atoms with Crippen LogP contribution in [0.1, 0.15) is 13.8 Å². The van der Waals surface area contributed by atoms with Gasteiger partial charge < -0.3 is 0 Å². The maximum absolute atomic E-state index is 10.5. The topological polar surface area (TPSA) is 40.9 Å². The van der Waals surface area contributed by atoms with Crippen LogP contribution in [0.15, 0.2) is 0 Å². The molecule has 0 amide bonds. The van der Waals surface area contributed by atoms with Gasteiger partial charge in [-0.25, -0.2) is 0 Å². The zero-order chi connectivity index (χ0) is 7.28. The van der Waals surface area contributed by atoms with E-state index in [0.717, 1.165) is 11.8 Å². The Bertz CT molecular complexity index is 138. The lowest BCUT2D eigenvalue weighted by Crippen LogP contribution is -2.07. The fourth-order valence-electron chi connectivity index (χ4n) is 0.280. The number of carbonyl (C=O) groups is 1. The van der Waals surface area contributed by atoms with Crippen molar-refractivity contribution in [2.75, 3.05) is 5.75 Å². The van der Waals surface area contributed by atoms with E-state index in [2.05, 4.69) is 0 Å². The van der Waals surface area contributed by atoms with Crippen LogP contribution in [0, 0.1) is 16.6 Å². The highest BCUT2D eigenvalue weighted by Crippen LogP contribution is 2.06. The molecular formula is C6H9NOS. The molecule has 0 rings (SSSR count). The van der Waals surface area contributed by atoms with Crippen molar-refractivity contribution < 1.29 is 4.79 Å². The van der Waals surface area contributed by atoms with Crippen molar-refractivity contribution in [3.63, 3.8) is 0 Å². The van der Waals surface area contributed by atoms with Gasteiger partial charge >= 0.3 is 0 Å². The lowest BCUT2D eigenvalue weighted by atomic mass is 10.1. The van der Waals surface area contributed by atoms with Crippen LogP contribution in [-0.2, 0) is 4.79 Å². The second-order valence-electron chi connectivity index (χ2n) is 1.91. The number of carbonyl (C=O) groups excluding carboxylic acids is 1. The quantitative estimate of drug-likeness (QED) is 0.561. The molecule has 0 saturated carbocycles. The van der Waals surface area contributed by atoms with E-state index in [1.54, 1.807) is 6.92 Å². The predicted molar refractivity (Wildman–Crippen MR) is 37.9 cm³/mol. The molecule has 0 aromatic heterocycles. The highest BCUT2D eigenvalue weighted by Gasteiger charge is 2.05. The molecule has 0 aromatic rings. The van der Waals surface area contributed by atoms with E-state index >= 15 is 0 Å². The van der Waals surface area contributed by atoms with Crippen LogP contribution >= 0.6 is 11.8 Å². The summed E-state index contributed by atoms with van der Waals surface area (Å²) in [7, 11) is 0. The van der Waals surface area contributed by atoms with Crippen molar-refractivity contribution in [2.24, 2.45) is 5.92 Å². The van der Waals surface area contributed by atoms with Crippen molar-refractivity contribution in [3.05, 3.63) is 0 Å². The van der Waals surface area contributed by atoms with Crippen LogP contribution in [-0.4, -0.2) is 11.5 Å². The smallest absolute Gasteiger partial charge is 0.133 e. The molecule has 3 heteroatoms.